The van der Waals surface area contributed by atoms with E-state index in [1.54, 1.807) is 64.4 Å². The Labute approximate surface area is 504 Å². The number of alkyl halides is 1. The van der Waals surface area contributed by atoms with Gasteiger partial charge in [0, 0.05) is 84.7 Å². The number of nitrogens with two attached hydrogens (primary N) is 2. The first kappa shape index (κ1) is 63.3. The van der Waals surface area contributed by atoms with Crippen LogP contribution in [0, 0.1) is 28.6 Å². The van der Waals surface area contributed by atoms with E-state index in [1.807, 2.05) is 11.0 Å². The van der Waals surface area contributed by atoms with Gasteiger partial charge in [-0.25, -0.2) is 23.9 Å². The molecular formula is C59H75FN12O12S2. The first-order valence-electron chi connectivity index (χ1n) is 29.0. The molecule has 4 heterocycles. The number of anilines is 3. The first-order chi connectivity index (χ1) is 40.8. The molecule has 5 amide bonds. The molecule has 1 aromatic carbocycles. The zero-order valence-electron chi connectivity index (χ0n) is 48.5. The molecule has 2 aromatic heterocycles. The standard InChI is InChI=1S/C59H75FN12O12S2/c1-31-24-39-38-16-13-34-25-37(73)19-20-56(34,2)58(38,60)41(74)26-57(39,3)59(31,84)54(83)64-21-9-7-5-6-8-10-43(76)68-45-50(78)72-46(53(81)82)33(30-86-51(45)72)29-85-23-22-63-42(75)18-17-40(52(79)80)67-49(77)32-11-14-36(15-12-32)71(4)28-35-27-65-48-44(66-35)47(61)69-55(62)70-48/h11-15,19-20,27,31,38-41,45,51,74,84H,5-10,16-18,21-26,28-30H2,1-4H3,(H,63,75)(H,64,83)(H,67,77)(H,68,76)(H,79,80)(H,81,82)(H4,61,62,65,69,70)/t31-,38?,39?,40?,41?,45?,51?,56+,57+,58?,59+/m1/s1. The molecule has 12 N–H and O–H groups in total. The van der Waals surface area contributed by atoms with E-state index in [1.165, 1.54) is 34.5 Å². The van der Waals surface area contributed by atoms with Crippen LogP contribution in [0.5, 0.6) is 0 Å². The van der Waals surface area contributed by atoms with Crippen LogP contribution in [0.15, 0.2) is 65.5 Å². The average molecular weight is 1230 g/mol. The molecule has 462 valence electrons. The number of aliphatic hydroxyl groups excluding tert-OH is 1. The van der Waals surface area contributed by atoms with Gasteiger partial charge in [0.15, 0.2) is 34.0 Å². The predicted octanol–water partition coefficient (Wildman–Crippen LogP) is 3.58. The van der Waals surface area contributed by atoms with Crippen LogP contribution in [-0.4, -0.2) is 165 Å². The van der Waals surface area contributed by atoms with Crippen molar-refractivity contribution in [2.24, 2.45) is 28.6 Å². The third kappa shape index (κ3) is 12.1. The Balaban J connectivity index is 0.640. The lowest BCUT2D eigenvalue weighted by Crippen LogP contribution is -2.70. The molecular weight excluding hydrogens is 1150 g/mol. The number of carboxylic acid groups (broad SMARTS) is 2. The molecule has 4 aliphatic carbocycles. The van der Waals surface area contributed by atoms with Crippen LogP contribution in [0.1, 0.15) is 114 Å². The number of carboxylic acids is 2. The summed E-state index contributed by atoms with van der Waals surface area (Å²) in [4.78, 5) is 123. The molecule has 0 bridgehead atoms. The van der Waals surface area contributed by atoms with E-state index in [4.69, 9.17) is 11.5 Å². The highest BCUT2D eigenvalue weighted by atomic mass is 32.2. The Morgan fingerprint density at radius 2 is 1.69 bits per heavy atom. The summed E-state index contributed by atoms with van der Waals surface area (Å²) < 4.78 is 17.5. The van der Waals surface area contributed by atoms with Crippen LogP contribution in [0.2, 0.25) is 0 Å². The van der Waals surface area contributed by atoms with Crippen molar-refractivity contribution in [1.82, 2.24) is 46.1 Å². The number of aliphatic hydroxyl groups is 2. The number of thioether (sulfide) groups is 2. The number of unbranched alkanes of at least 4 members (excludes halogenated alkanes) is 4. The summed E-state index contributed by atoms with van der Waals surface area (Å²) in [5.74, 6) is -5.66. The number of nitrogens with zero attached hydrogens (tertiary/aromatic N) is 6. The molecule has 2 saturated carbocycles. The van der Waals surface area contributed by atoms with Crippen molar-refractivity contribution in [3.63, 3.8) is 0 Å². The molecule has 0 radical (unpaired) electrons. The molecule has 3 aromatic rings. The molecule has 11 atom stereocenters. The SMILES string of the molecule is C[C@@H]1CC2C3CC=C4CC(=O)C=C[C@]4(C)C3(F)C(O)C[C@]2(C)[C@@]1(O)C(=O)NCCCCCCCC(=O)NC1C(=O)N2C(C(=O)O)=C(CSCCNC(=O)CCC(NC(=O)c3ccc(N(C)Cc4cnc5nc(N)nc(N)c5n4)cc3)C(=O)O)CSC12. The Morgan fingerprint density at radius 1 is 0.953 bits per heavy atom. The molecule has 0 spiro atoms. The van der Waals surface area contributed by atoms with E-state index >= 15 is 4.39 Å². The third-order valence-electron chi connectivity index (χ3n) is 18.5. The van der Waals surface area contributed by atoms with E-state index in [0.717, 1.165) is 18.5 Å². The second-order valence-corrected chi connectivity index (χ2v) is 26.1. The van der Waals surface area contributed by atoms with Crippen LogP contribution >= 0.6 is 23.5 Å². The van der Waals surface area contributed by atoms with E-state index < -0.39 is 93.1 Å². The Bertz CT molecular complexity index is 3300. The molecule has 27 heteroatoms. The van der Waals surface area contributed by atoms with Crippen molar-refractivity contribution >= 4 is 99.4 Å². The monoisotopic (exact) mass is 1230 g/mol. The number of carbonyl (C=O) groups excluding carboxylic acids is 6. The zero-order chi connectivity index (χ0) is 62.0. The van der Waals surface area contributed by atoms with Crippen molar-refractivity contribution in [3.05, 3.63) is 76.8 Å². The lowest BCUT2D eigenvalue weighted by atomic mass is 9.45. The Kier molecular flexibility index (Phi) is 18.8. The number of allylic oxidation sites excluding steroid dienone is 4. The minimum atomic E-state index is -2.06. The van der Waals surface area contributed by atoms with Crippen molar-refractivity contribution in [1.29, 1.82) is 0 Å². The van der Waals surface area contributed by atoms with Crippen LogP contribution < -0.4 is 37.6 Å². The van der Waals surface area contributed by atoms with Crippen LogP contribution in [-0.2, 0) is 40.1 Å². The number of hydrogen-bond donors (Lipinski definition) is 10. The highest BCUT2D eigenvalue weighted by Crippen LogP contribution is 2.70. The van der Waals surface area contributed by atoms with Gasteiger partial charge in [-0.05, 0) is 93.2 Å². The largest absolute Gasteiger partial charge is 0.480 e. The molecule has 1 saturated heterocycles. The van der Waals surface area contributed by atoms with Gasteiger partial charge in [-0.2, -0.15) is 21.7 Å². The van der Waals surface area contributed by atoms with E-state index in [2.05, 4.69) is 41.2 Å². The summed E-state index contributed by atoms with van der Waals surface area (Å²) >= 11 is 2.70. The minimum Gasteiger partial charge on any atom is -0.480 e. The number of aromatic nitrogens is 4. The normalized spacial score (nSPS) is 28.5. The summed E-state index contributed by atoms with van der Waals surface area (Å²) in [5, 5.41) is 54.3. The number of nitrogen functional groups attached to an aromatic ring is 2. The summed E-state index contributed by atoms with van der Waals surface area (Å²) in [7, 11) is 1.81. The maximum Gasteiger partial charge on any atom is 0.352 e. The molecule has 24 nitrogen and oxygen atoms in total. The topological polar surface area (TPSA) is 376 Å². The van der Waals surface area contributed by atoms with Gasteiger partial charge in [0.25, 0.3) is 17.7 Å². The van der Waals surface area contributed by atoms with Gasteiger partial charge in [-0.1, -0.05) is 50.8 Å². The highest BCUT2D eigenvalue weighted by molar-refractivity contribution is 8.01. The Morgan fingerprint density at radius 3 is 2.42 bits per heavy atom. The fourth-order valence-corrected chi connectivity index (χ4v) is 16.2. The van der Waals surface area contributed by atoms with E-state index in [9.17, 15) is 58.8 Å². The maximum atomic E-state index is 17.5. The smallest absolute Gasteiger partial charge is 0.352 e. The van der Waals surface area contributed by atoms with Gasteiger partial charge >= 0.3 is 11.9 Å². The lowest BCUT2D eigenvalue weighted by molar-refractivity contribution is -0.215. The number of rotatable bonds is 25. The summed E-state index contributed by atoms with van der Waals surface area (Å²) in [6.07, 6.45) is 8.82. The van der Waals surface area contributed by atoms with Gasteiger partial charge < -0.3 is 58.1 Å². The Hall–Kier alpha value is -7.23. The molecule has 86 heavy (non-hydrogen) atoms. The number of amides is 5. The van der Waals surface area contributed by atoms with Gasteiger partial charge in [-0.15, -0.1) is 11.8 Å². The van der Waals surface area contributed by atoms with Gasteiger partial charge in [0.1, 0.15) is 23.2 Å². The number of β-lactam (4-membered cyclic amide) rings is 1. The molecule has 3 fully saturated rings. The number of halogens is 1. The van der Waals surface area contributed by atoms with Crippen LogP contribution in [0.4, 0.5) is 21.8 Å². The zero-order valence-corrected chi connectivity index (χ0v) is 50.1. The average Bonchev–Trinajstić information content (AvgIpc) is 1.34. The number of aliphatic carboxylic acids is 2. The summed E-state index contributed by atoms with van der Waals surface area (Å²) in [6, 6.07) is 4.23. The van der Waals surface area contributed by atoms with Crippen molar-refractivity contribution in [2.75, 3.05) is 53.8 Å². The predicted molar refractivity (Wildman–Crippen MR) is 319 cm³/mol. The van der Waals surface area contributed by atoms with E-state index in [0.29, 0.717) is 79.1 Å². The van der Waals surface area contributed by atoms with Gasteiger partial charge in [-0.3, -0.25) is 33.7 Å². The van der Waals surface area contributed by atoms with Gasteiger partial charge in [0.05, 0.1) is 24.5 Å². The van der Waals surface area contributed by atoms with Crippen molar-refractivity contribution in [2.45, 2.75) is 139 Å². The number of nitrogens with one attached hydrogen (secondary N) is 4. The van der Waals surface area contributed by atoms with Crippen molar-refractivity contribution in [3.8, 4) is 0 Å². The fraction of sp³-hybridized carbons (Fsp3) is 0.559. The van der Waals surface area contributed by atoms with Crippen molar-refractivity contribution < 1.29 is 63.2 Å². The van der Waals surface area contributed by atoms with E-state index in [-0.39, 0.29) is 90.7 Å². The maximum absolute atomic E-state index is 17.5. The fourth-order valence-electron chi connectivity index (χ4n) is 13.8. The number of ketones is 1. The number of fused-ring (bicyclic) bond motifs is 7. The van der Waals surface area contributed by atoms with Crippen LogP contribution in [0.3, 0.4) is 0 Å². The number of hydrogen-bond acceptors (Lipinski definition) is 19. The molecule has 2 aliphatic heterocycles. The quantitative estimate of drug-likeness (QED) is 0.0329. The van der Waals surface area contributed by atoms with Crippen LogP contribution in [0.25, 0.3) is 11.2 Å². The second-order valence-electron chi connectivity index (χ2n) is 23.9. The number of carbonyl (C=O) groups is 8. The minimum absolute atomic E-state index is 0.0140. The molecule has 9 rings (SSSR count). The third-order valence-corrected chi connectivity index (χ3v) is 20.9. The molecule has 6 aliphatic rings. The second kappa shape index (κ2) is 25.6. The number of benzene rings is 1. The lowest BCUT2D eigenvalue weighted by Gasteiger charge is -2.61. The highest BCUT2D eigenvalue weighted by Gasteiger charge is 2.75. The van der Waals surface area contributed by atoms with Gasteiger partial charge in [0.2, 0.25) is 17.8 Å². The molecule has 7 unspecified atom stereocenters. The summed E-state index contributed by atoms with van der Waals surface area (Å²) in [6.45, 7) is 6.15. The summed E-state index contributed by atoms with van der Waals surface area (Å²) in [5.41, 5.74) is 8.57. The first-order valence-corrected chi connectivity index (χ1v) is 31.2.